The molecule has 3 nitrogen and oxygen atoms in total. The van der Waals surface area contributed by atoms with Gasteiger partial charge in [-0.25, -0.2) is 9.97 Å². The van der Waals surface area contributed by atoms with E-state index in [1.807, 2.05) is 36.6 Å². The van der Waals surface area contributed by atoms with Gasteiger partial charge in [0.15, 0.2) is 0 Å². The van der Waals surface area contributed by atoms with Gasteiger partial charge in [0, 0.05) is 11.5 Å². The first-order chi connectivity index (χ1) is 9.43. The maximum absolute atomic E-state index is 4.48. The first-order valence-corrected chi connectivity index (χ1v) is 6.20. The number of hydrogen-bond acceptors (Lipinski definition) is 2. The molecule has 0 atom stereocenters. The summed E-state index contributed by atoms with van der Waals surface area (Å²) in [6, 6.07) is 10.4. The fourth-order valence-corrected chi connectivity index (χ4v) is 2.46. The van der Waals surface area contributed by atoms with Gasteiger partial charge in [0.2, 0.25) is 0 Å². The highest BCUT2D eigenvalue weighted by molar-refractivity contribution is 6.05. The Hall–Kier alpha value is -2.68. The summed E-state index contributed by atoms with van der Waals surface area (Å²) in [5.41, 5.74) is 1.90. The number of nitrogens with zero attached hydrogens (tertiary/aromatic N) is 3. The van der Waals surface area contributed by atoms with Gasteiger partial charge in [-0.1, -0.05) is 30.4 Å². The van der Waals surface area contributed by atoms with Crippen LogP contribution in [-0.2, 0) is 0 Å². The molecule has 0 aliphatic carbocycles. The van der Waals surface area contributed by atoms with E-state index in [1.165, 1.54) is 0 Å². The zero-order chi connectivity index (χ0) is 12.7. The number of aromatic nitrogens is 3. The SMILES string of the molecule is C1=CC=c2ccc3cccc4ncnc(c34)n2C=C1. The lowest BCUT2D eigenvalue weighted by atomic mass is 10.1. The van der Waals surface area contributed by atoms with Crippen molar-refractivity contribution in [1.29, 1.82) is 0 Å². The molecule has 0 saturated carbocycles. The van der Waals surface area contributed by atoms with E-state index < -0.39 is 0 Å². The number of fused-ring (bicyclic) bond motifs is 2. The van der Waals surface area contributed by atoms with Gasteiger partial charge in [-0.15, -0.1) is 0 Å². The summed E-state index contributed by atoms with van der Waals surface area (Å²) in [7, 11) is 0. The second-order valence-corrected chi connectivity index (χ2v) is 4.46. The summed E-state index contributed by atoms with van der Waals surface area (Å²) in [6.07, 6.45) is 11.8. The average molecular weight is 245 g/mol. The molecule has 2 aromatic heterocycles. The summed E-state index contributed by atoms with van der Waals surface area (Å²) >= 11 is 0. The highest BCUT2D eigenvalue weighted by Crippen LogP contribution is 2.21. The third-order valence-electron chi connectivity index (χ3n) is 3.34. The number of rotatable bonds is 0. The van der Waals surface area contributed by atoms with Crippen LogP contribution in [0.4, 0.5) is 0 Å². The standard InChI is InChI=1S/C16H11N3/c1-2-6-13-9-8-12-5-4-7-14-15(12)16(18-11-17-14)19(13)10-3-1/h1-11H. The van der Waals surface area contributed by atoms with Crippen LogP contribution < -0.4 is 5.35 Å². The smallest absolute Gasteiger partial charge is 0.149 e. The molecule has 1 aromatic carbocycles. The summed E-state index contributed by atoms with van der Waals surface area (Å²) in [4.78, 5) is 8.83. The van der Waals surface area contributed by atoms with Crippen molar-refractivity contribution in [1.82, 2.24) is 14.5 Å². The molecule has 1 aliphatic heterocycles. The Labute approximate surface area is 109 Å². The van der Waals surface area contributed by atoms with Crippen molar-refractivity contribution in [3.63, 3.8) is 0 Å². The fourth-order valence-electron chi connectivity index (χ4n) is 2.46. The van der Waals surface area contributed by atoms with Gasteiger partial charge in [0.1, 0.15) is 12.0 Å². The molecule has 19 heavy (non-hydrogen) atoms. The Morgan fingerprint density at radius 2 is 1.89 bits per heavy atom. The molecule has 4 rings (SSSR count). The lowest BCUT2D eigenvalue weighted by molar-refractivity contribution is 1.09. The third kappa shape index (κ3) is 1.52. The molecule has 0 spiro atoms. The van der Waals surface area contributed by atoms with E-state index in [-0.39, 0.29) is 0 Å². The van der Waals surface area contributed by atoms with Gasteiger partial charge >= 0.3 is 0 Å². The van der Waals surface area contributed by atoms with Crippen LogP contribution in [0, 0.1) is 0 Å². The Morgan fingerprint density at radius 1 is 0.895 bits per heavy atom. The number of allylic oxidation sites excluding steroid dienone is 3. The van der Waals surface area contributed by atoms with Crippen molar-refractivity contribution in [2.75, 3.05) is 0 Å². The van der Waals surface area contributed by atoms with Gasteiger partial charge in [0.25, 0.3) is 0 Å². The van der Waals surface area contributed by atoms with Crippen LogP contribution in [0.2, 0.25) is 0 Å². The van der Waals surface area contributed by atoms with Crippen molar-refractivity contribution in [2.24, 2.45) is 0 Å². The highest BCUT2D eigenvalue weighted by atomic mass is 15.0. The second-order valence-electron chi connectivity index (χ2n) is 4.46. The van der Waals surface area contributed by atoms with Crippen molar-refractivity contribution in [3.8, 4) is 0 Å². The van der Waals surface area contributed by atoms with Gasteiger partial charge in [-0.2, -0.15) is 0 Å². The molecule has 0 fully saturated rings. The first kappa shape index (κ1) is 10.3. The molecule has 0 unspecified atom stereocenters. The molecule has 3 aromatic rings. The zero-order valence-corrected chi connectivity index (χ0v) is 10.2. The predicted molar refractivity (Wildman–Crippen MR) is 78.0 cm³/mol. The van der Waals surface area contributed by atoms with Crippen molar-refractivity contribution in [3.05, 3.63) is 60.2 Å². The summed E-state index contributed by atoms with van der Waals surface area (Å²) in [5, 5.41) is 3.34. The Balaban J connectivity index is 2.38. The monoisotopic (exact) mass is 245 g/mol. The molecule has 1 aliphatic rings. The van der Waals surface area contributed by atoms with Gasteiger partial charge in [-0.05, 0) is 29.7 Å². The third-order valence-corrected chi connectivity index (χ3v) is 3.34. The normalized spacial score (nSPS) is 13.3. The summed E-state index contributed by atoms with van der Waals surface area (Å²) < 4.78 is 2.09. The van der Waals surface area contributed by atoms with E-state index in [4.69, 9.17) is 0 Å². The minimum Gasteiger partial charge on any atom is -0.301 e. The van der Waals surface area contributed by atoms with Crippen LogP contribution in [0.15, 0.2) is 54.9 Å². The molecule has 0 saturated heterocycles. The molecular formula is C16H11N3. The maximum atomic E-state index is 4.48. The Kier molecular flexibility index (Phi) is 2.12. The highest BCUT2D eigenvalue weighted by Gasteiger charge is 2.05. The molecule has 3 heteroatoms. The molecule has 0 N–H and O–H groups in total. The van der Waals surface area contributed by atoms with Crippen molar-refractivity contribution in [2.45, 2.75) is 0 Å². The fraction of sp³-hybridized carbons (Fsp3) is 0. The summed E-state index contributed by atoms with van der Waals surface area (Å²) in [6.45, 7) is 0. The first-order valence-electron chi connectivity index (χ1n) is 6.20. The van der Waals surface area contributed by atoms with Crippen molar-refractivity contribution < 1.29 is 0 Å². The van der Waals surface area contributed by atoms with E-state index in [2.05, 4.69) is 38.8 Å². The van der Waals surface area contributed by atoms with Crippen LogP contribution in [0.25, 0.3) is 34.2 Å². The van der Waals surface area contributed by atoms with Crippen LogP contribution in [0.5, 0.6) is 0 Å². The van der Waals surface area contributed by atoms with Crippen LogP contribution in [0.3, 0.4) is 0 Å². The minimum atomic E-state index is 0.928. The molecular weight excluding hydrogens is 234 g/mol. The molecule has 90 valence electrons. The summed E-state index contributed by atoms with van der Waals surface area (Å²) in [5.74, 6) is 0. The topological polar surface area (TPSA) is 30.7 Å². The van der Waals surface area contributed by atoms with Crippen LogP contribution in [-0.4, -0.2) is 14.5 Å². The number of benzene rings is 1. The lowest BCUT2D eigenvalue weighted by Crippen LogP contribution is -2.13. The Bertz CT molecular complexity index is 909. The van der Waals surface area contributed by atoms with E-state index in [0.717, 1.165) is 27.3 Å². The van der Waals surface area contributed by atoms with E-state index >= 15 is 0 Å². The second kappa shape index (κ2) is 3.92. The molecule has 3 heterocycles. The molecule has 0 radical (unpaired) electrons. The molecule has 0 amide bonds. The Morgan fingerprint density at radius 3 is 2.89 bits per heavy atom. The largest absolute Gasteiger partial charge is 0.301 e. The van der Waals surface area contributed by atoms with Crippen molar-refractivity contribution >= 4 is 34.2 Å². The maximum Gasteiger partial charge on any atom is 0.149 e. The van der Waals surface area contributed by atoms with E-state index in [1.54, 1.807) is 6.33 Å². The lowest BCUT2D eigenvalue weighted by Gasteiger charge is -2.03. The predicted octanol–water partition coefficient (Wildman–Crippen LogP) is 2.69. The van der Waals surface area contributed by atoms with Crippen LogP contribution in [0.1, 0.15) is 0 Å². The van der Waals surface area contributed by atoms with Crippen LogP contribution >= 0.6 is 0 Å². The minimum absolute atomic E-state index is 0.928. The van der Waals surface area contributed by atoms with Gasteiger partial charge in [0.05, 0.1) is 10.9 Å². The van der Waals surface area contributed by atoms with Gasteiger partial charge < -0.3 is 4.57 Å². The molecule has 0 bridgehead atoms. The number of hydrogen-bond donors (Lipinski definition) is 0. The van der Waals surface area contributed by atoms with E-state index in [9.17, 15) is 0 Å². The van der Waals surface area contributed by atoms with E-state index in [0.29, 0.717) is 0 Å². The zero-order valence-electron chi connectivity index (χ0n) is 10.2. The quantitative estimate of drug-likeness (QED) is 0.609. The average Bonchev–Trinajstić information content (AvgIpc) is 2.76. The van der Waals surface area contributed by atoms with Gasteiger partial charge in [-0.3, -0.25) is 0 Å².